The second kappa shape index (κ2) is 8.70. The number of benzene rings is 2. The van der Waals surface area contributed by atoms with Gasteiger partial charge in [0.05, 0.1) is 28.8 Å². The van der Waals surface area contributed by atoms with Crippen molar-refractivity contribution in [2.75, 3.05) is 50.6 Å². The van der Waals surface area contributed by atoms with E-state index >= 15 is 0 Å². The molecular formula is C20H22N4O5. The molecule has 1 saturated heterocycles. The van der Waals surface area contributed by atoms with Crippen LogP contribution in [0.3, 0.4) is 0 Å². The van der Waals surface area contributed by atoms with Crippen LogP contribution >= 0.6 is 0 Å². The van der Waals surface area contributed by atoms with Crippen molar-refractivity contribution >= 4 is 28.9 Å². The Kier molecular flexibility index (Phi) is 6.08. The molecule has 0 radical (unpaired) electrons. The van der Waals surface area contributed by atoms with Crippen LogP contribution in [0.25, 0.3) is 0 Å². The number of nitrogens with zero attached hydrogens (tertiary/aromatic N) is 3. The summed E-state index contributed by atoms with van der Waals surface area (Å²) in [5, 5.41) is 14.0. The fraction of sp³-hybridized carbons (Fsp3) is 0.300. The summed E-state index contributed by atoms with van der Waals surface area (Å²) in [6.45, 7) is 3.13. The maximum absolute atomic E-state index is 12.9. The second-order valence-corrected chi connectivity index (χ2v) is 6.77. The molecular weight excluding hydrogens is 376 g/mol. The van der Waals surface area contributed by atoms with Crippen LogP contribution in [0.15, 0.2) is 42.5 Å². The number of hydrogen-bond acceptors (Lipinski definition) is 7. The Morgan fingerprint density at radius 3 is 2.31 bits per heavy atom. The Balaban J connectivity index is 1.86. The van der Waals surface area contributed by atoms with Gasteiger partial charge in [-0.1, -0.05) is 0 Å². The van der Waals surface area contributed by atoms with Crippen molar-refractivity contribution in [3.63, 3.8) is 0 Å². The molecule has 0 bridgehead atoms. The van der Waals surface area contributed by atoms with E-state index in [0.29, 0.717) is 16.9 Å². The monoisotopic (exact) mass is 398 g/mol. The number of carbonyl (C=O) groups excluding carboxylic acids is 2. The molecule has 2 aromatic carbocycles. The van der Waals surface area contributed by atoms with Gasteiger partial charge in [0.15, 0.2) is 0 Å². The Bertz CT molecular complexity index is 921. The van der Waals surface area contributed by atoms with Gasteiger partial charge in [-0.2, -0.15) is 0 Å². The number of non-ortho nitro benzene ring substituents is 1. The van der Waals surface area contributed by atoms with E-state index in [-0.39, 0.29) is 11.3 Å². The number of anilines is 2. The number of nitrogens with one attached hydrogen (secondary N) is 1. The van der Waals surface area contributed by atoms with E-state index in [2.05, 4.69) is 19.9 Å². The molecule has 1 amide bonds. The molecule has 0 aliphatic carbocycles. The number of piperazine rings is 1. The van der Waals surface area contributed by atoms with E-state index < -0.39 is 16.8 Å². The van der Waals surface area contributed by atoms with E-state index in [1.165, 1.54) is 31.4 Å². The topological polar surface area (TPSA) is 105 Å². The zero-order valence-electron chi connectivity index (χ0n) is 16.3. The molecule has 2 aromatic rings. The van der Waals surface area contributed by atoms with Crippen LogP contribution in [0, 0.1) is 10.1 Å². The lowest BCUT2D eigenvalue weighted by Crippen LogP contribution is -2.45. The van der Waals surface area contributed by atoms with Crippen molar-refractivity contribution in [2.24, 2.45) is 0 Å². The van der Waals surface area contributed by atoms with E-state index in [1.54, 1.807) is 18.2 Å². The van der Waals surface area contributed by atoms with Gasteiger partial charge in [-0.25, -0.2) is 4.79 Å². The van der Waals surface area contributed by atoms with Crippen LogP contribution in [0.2, 0.25) is 0 Å². The van der Waals surface area contributed by atoms with Crippen LogP contribution in [0.1, 0.15) is 20.7 Å². The minimum atomic E-state index is -0.518. The van der Waals surface area contributed by atoms with Crippen molar-refractivity contribution in [3.8, 4) is 0 Å². The predicted octanol–water partition coefficient (Wildman–Crippen LogP) is 2.39. The fourth-order valence-electron chi connectivity index (χ4n) is 3.15. The number of ether oxygens (including phenoxy) is 1. The first kappa shape index (κ1) is 20.3. The minimum absolute atomic E-state index is 0.144. The SMILES string of the molecule is COC(=O)c1ccc(NC(=O)c2cc([N+](=O)[O-])ccc2N2CCN(C)CC2)cc1. The van der Waals surface area contributed by atoms with E-state index in [9.17, 15) is 19.7 Å². The maximum Gasteiger partial charge on any atom is 0.337 e. The number of rotatable bonds is 5. The second-order valence-electron chi connectivity index (χ2n) is 6.77. The summed E-state index contributed by atoms with van der Waals surface area (Å²) in [6.07, 6.45) is 0. The normalized spacial score (nSPS) is 14.3. The van der Waals surface area contributed by atoms with Gasteiger partial charge < -0.3 is 19.9 Å². The number of amides is 1. The minimum Gasteiger partial charge on any atom is -0.465 e. The van der Waals surface area contributed by atoms with Gasteiger partial charge in [-0.05, 0) is 37.4 Å². The standard InChI is InChI=1S/C20H22N4O5/c1-22-9-11-23(12-10-22)18-8-7-16(24(27)28)13-17(18)19(25)21-15-5-3-14(4-6-15)20(26)29-2/h3-8,13H,9-12H2,1-2H3,(H,21,25). The first-order chi connectivity index (χ1) is 13.9. The Morgan fingerprint density at radius 2 is 1.72 bits per heavy atom. The summed E-state index contributed by atoms with van der Waals surface area (Å²) in [4.78, 5) is 39.4. The number of likely N-dealkylation sites (N-methyl/N-ethyl adjacent to an activating group) is 1. The van der Waals surface area contributed by atoms with Crippen LogP contribution in [0.5, 0.6) is 0 Å². The third kappa shape index (κ3) is 4.69. The van der Waals surface area contributed by atoms with Crippen molar-refractivity contribution in [1.82, 2.24) is 4.90 Å². The molecule has 1 N–H and O–H groups in total. The molecule has 9 heteroatoms. The Morgan fingerprint density at radius 1 is 1.07 bits per heavy atom. The van der Waals surface area contributed by atoms with Gasteiger partial charge in [0, 0.05) is 44.0 Å². The first-order valence-electron chi connectivity index (χ1n) is 9.10. The third-order valence-corrected chi connectivity index (χ3v) is 4.84. The van der Waals surface area contributed by atoms with Crippen LogP contribution in [-0.4, -0.2) is 62.0 Å². The molecule has 0 atom stereocenters. The highest BCUT2D eigenvalue weighted by Gasteiger charge is 2.23. The highest BCUT2D eigenvalue weighted by molar-refractivity contribution is 6.08. The van der Waals surface area contributed by atoms with Crippen molar-refractivity contribution < 1.29 is 19.2 Å². The molecule has 29 heavy (non-hydrogen) atoms. The molecule has 0 unspecified atom stereocenters. The summed E-state index contributed by atoms with van der Waals surface area (Å²) in [5.74, 6) is -0.924. The number of nitro groups is 1. The molecule has 1 heterocycles. The predicted molar refractivity (Wildman–Crippen MR) is 109 cm³/mol. The lowest BCUT2D eigenvalue weighted by Gasteiger charge is -2.34. The number of esters is 1. The summed E-state index contributed by atoms with van der Waals surface area (Å²) < 4.78 is 4.65. The lowest BCUT2D eigenvalue weighted by atomic mass is 10.1. The van der Waals surface area contributed by atoms with Gasteiger partial charge in [0.25, 0.3) is 11.6 Å². The van der Waals surface area contributed by atoms with Gasteiger partial charge in [-0.15, -0.1) is 0 Å². The van der Waals surface area contributed by atoms with Gasteiger partial charge >= 0.3 is 5.97 Å². The van der Waals surface area contributed by atoms with Gasteiger partial charge in [-0.3, -0.25) is 14.9 Å². The van der Waals surface area contributed by atoms with Crippen LogP contribution in [0.4, 0.5) is 17.1 Å². The number of methoxy groups -OCH3 is 1. The number of carbonyl (C=O) groups is 2. The summed E-state index contributed by atoms with van der Waals surface area (Å²) in [5.41, 5.74) is 1.58. The zero-order valence-corrected chi connectivity index (χ0v) is 16.3. The number of nitro benzene ring substituents is 1. The maximum atomic E-state index is 12.9. The quantitative estimate of drug-likeness (QED) is 0.468. The first-order valence-corrected chi connectivity index (χ1v) is 9.10. The number of hydrogen-bond donors (Lipinski definition) is 1. The molecule has 1 aliphatic rings. The lowest BCUT2D eigenvalue weighted by molar-refractivity contribution is -0.384. The summed E-state index contributed by atoms with van der Waals surface area (Å²) >= 11 is 0. The van der Waals surface area contributed by atoms with Crippen molar-refractivity contribution in [2.45, 2.75) is 0 Å². The third-order valence-electron chi connectivity index (χ3n) is 4.84. The molecule has 1 aliphatic heterocycles. The Hall–Kier alpha value is -3.46. The smallest absolute Gasteiger partial charge is 0.337 e. The molecule has 3 rings (SSSR count). The zero-order chi connectivity index (χ0) is 21.0. The average Bonchev–Trinajstić information content (AvgIpc) is 2.73. The largest absolute Gasteiger partial charge is 0.465 e. The van der Waals surface area contributed by atoms with Crippen LogP contribution in [-0.2, 0) is 4.74 Å². The molecule has 1 fully saturated rings. The van der Waals surface area contributed by atoms with E-state index in [1.807, 2.05) is 7.05 Å². The Labute approximate surface area is 168 Å². The molecule has 9 nitrogen and oxygen atoms in total. The van der Waals surface area contributed by atoms with E-state index in [4.69, 9.17) is 0 Å². The fourth-order valence-corrected chi connectivity index (χ4v) is 3.15. The highest BCUT2D eigenvalue weighted by Crippen LogP contribution is 2.27. The summed E-state index contributed by atoms with van der Waals surface area (Å²) in [6, 6.07) is 10.6. The van der Waals surface area contributed by atoms with Crippen LogP contribution < -0.4 is 10.2 Å². The van der Waals surface area contributed by atoms with Gasteiger partial charge in [0.2, 0.25) is 0 Å². The van der Waals surface area contributed by atoms with Crippen molar-refractivity contribution in [1.29, 1.82) is 0 Å². The molecule has 0 aromatic heterocycles. The molecule has 0 saturated carbocycles. The van der Waals surface area contributed by atoms with Crippen molar-refractivity contribution in [3.05, 3.63) is 63.7 Å². The molecule has 152 valence electrons. The van der Waals surface area contributed by atoms with E-state index in [0.717, 1.165) is 26.2 Å². The average molecular weight is 398 g/mol. The molecule has 0 spiro atoms. The van der Waals surface area contributed by atoms with Gasteiger partial charge in [0.1, 0.15) is 0 Å². The highest BCUT2D eigenvalue weighted by atomic mass is 16.6. The summed E-state index contributed by atoms with van der Waals surface area (Å²) in [7, 11) is 3.32.